The van der Waals surface area contributed by atoms with Crippen molar-refractivity contribution in [1.82, 2.24) is 4.57 Å². The van der Waals surface area contributed by atoms with Gasteiger partial charge in [-0.2, -0.15) is 0 Å². The molecule has 0 unspecified atom stereocenters. The van der Waals surface area contributed by atoms with Crippen molar-refractivity contribution in [2.45, 2.75) is 37.9 Å². The third kappa shape index (κ3) is 2.29. The molecule has 0 saturated heterocycles. The molecule has 4 rings (SSSR count). The molecule has 1 N–H and O–H groups in total. The van der Waals surface area contributed by atoms with E-state index in [-0.39, 0.29) is 6.04 Å². The van der Waals surface area contributed by atoms with Gasteiger partial charge in [0.2, 0.25) is 0 Å². The first-order valence-electron chi connectivity index (χ1n) is 8.05. The number of carbonyl (C=O) groups is 1. The van der Waals surface area contributed by atoms with Gasteiger partial charge in [-0.25, -0.2) is 9.18 Å². The van der Waals surface area contributed by atoms with Crippen LogP contribution in [0.4, 0.5) is 4.39 Å². The van der Waals surface area contributed by atoms with E-state index in [2.05, 4.69) is 16.7 Å². The Balaban J connectivity index is 1.97. The van der Waals surface area contributed by atoms with Crippen LogP contribution in [0.5, 0.6) is 0 Å². The van der Waals surface area contributed by atoms with E-state index < -0.39 is 12.1 Å². The highest BCUT2D eigenvalue weighted by Gasteiger charge is 2.25. The molecule has 0 atom stereocenters. The van der Waals surface area contributed by atoms with Gasteiger partial charge in [-0.3, -0.25) is 0 Å². The molecule has 118 valence electrons. The zero-order chi connectivity index (χ0) is 16.0. The maximum atomic E-state index is 13.5. The molecule has 1 heterocycles. The van der Waals surface area contributed by atoms with Gasteiger partial charge in [0.15, 0.2) is 0 Å². The number of carboxylic acids is 1. The van der Waals surface area contributed by atoms with E-state index in [1.54, 1.807) is 12.1 Å². The van der Waals surface area contributed by atoms with Crippen molar-refractivity contribution >= 4 is 27.8 Å². The van der Waals surface area contributed by atoms with Crippen LogP contribution in [0, 0.1) is 0 Å². The van der Waals surface area contributed by atoms with Crippen molar-refractivity contribution in [3.8, 4) is 0 Å². The Morgan fingerprint density at radius 1 is 1.00 bits per heavy atom. The number of aromatic carboxylic acids is 1. The lowest BCUT2D eigenvalue weighted by Gasteiger charge is -2.27. The van der Waals surface area contributed by atoms with Gasteiger partial charge in [0.05, 0.1) is 11.1 Å². The molecule has 0 amide bonds. The van der Waals surface area contributed by atoms with Gasteiger partial charge in [0.1, 0.15) is 6.17 Å². The Kier molecular flexibility index (Phi) is 3.33. The smallest absolute Gasteiger partial charge is 0.335 e. The van der Waals surface area contributed by atoms with Crippen LogP contribution in [-0.2, 0) is 0 Å². The minimum Gasteiger partial charge on any atom is -0.478 e. The Morgan fingerprint density at radius 3 is 2.43 bits per heavy atom. The monoisotopic (exact) mass is 311 g/mol. The molecule has 0 spiro atoms. The van der Waals surface area contributed by atoms with Gasteiger partial charge in [-0.1, -0.05) is 24.3 Å². The first kappa shape index (κ1) is 14.2. The van der Waals surface area contributed by atoms with Crippen molar-refractivity contribution in [3.63, 3.8) is 0 Å². The minimum atomic E-state index is -0.920. The quantitative estimate of drug-likeness (QED) is 0.728. The number of rotatable bonds is 2. The van der Waals surface area contributed by atoms with E-state index in [1.165, 1.54) is 0 Å². The fourth-order valence-corrected chi connectivity index (χ4v) is 3.82. The number of fused-ring (bicyclic) bond motifs is 3. The Hall–Kier alpha value is -2.36. The number of halogens is 1. The van der Waals surface area contributed by atoms with Crippen molar-refractivity contribution < 1.29 is 14.3 Å². The molecule has 2 aromatic carbocycles. The second kappa shape index (κ2) is 5.37. The molecule has 4 heteroatoms. The molecular formula is C19H18FNO2. The van der Waals surface area contributed by atoms with E-state index in [0.29, 0.717) is 18.4 Å². The van der Waals surface area contributed by atoms with Crippen molar-refractivity contribution in [2.24, 2.45) is 0 Å². The maximum Gasteiger partial charge on any atom is 0.335 e. The molecule has 0 aliphatic heterocycles. The van der Waals surface area contributed by atoms with E-state index in [1.807, 2.05) is 18.2 Å². The highest BCUT2D eigenvalue weighted by atomic mass is 19.1. The molecule has 1 saturated carbocycles. The van der Waals surface area contributed by atoms with E-state index in [0.717, 1.165) is 34.6 Å². The molecule has 0 radical (unpaired) electrons. The SMILES string of the molecule is O=C(O)c1ccc2c3ccccc3n([C@H]3CC[C@H](F)CC3)c2c1. The van der Waals surface area contributed by atoms with Crippen LogP contribution < -0.4 is 0 Å². The van der Waals surface area contributed by atoms with Crippen LogP contribution >= 0.6 is 0 Å². The topological polar surface area (TPSA) is 42.2 Å². The molecule has 1 fully saturated rings. The molecule has 1 aromatic heterocycles. The number of para-hydroxylation sites is 1. The van der Waals surface area contributed by atoms with E-state index in [9.17, 15) is 14.3 Å². The zero-order valence-electron chi connectivity index (χ0n) is 12.7. The van der Waals surface area contributed by atoms with Gasteiger partial charge in [0, 0.05) is 22.3 Å². The van der Waals surface area contributed by atoms with Gasteiger partial charge < -0.3 is 9.67 Å². The normalized spacial score (nSPS) is 21.8. The summed E-state index contributed by atoms with van der Waals surface area (Å²) >= 11 is 0. The number of hydrogen-bond acceptors (Lipinski definition) is 1. The van der Waals surface area contributed by atoms with Crippen molar-refractivity contribution in [1.29, 1.82) is 0 Å². The number of hydrogen-bond donors (Lipinski definition) is 1. The average Bonchev–Trinajstić information content (AvgIpc) is 2.89. The third-order valence-electron chi connectivity index (χ3n) is 4.95. The van der Waals surface area contributed by atoms with Gasteiger partial charge in [0.25, 0.3) is 0 Å². The zero-order valence-corrected chi connectivity index (χ0v) is 12.7. The first-order chi connectivity index (χ1) is 11.1. The number of alkyl halides is 1. The van der Waals surface area contributed by atoms with Gasteiger partial charge >= 0.3 is 5.97 Å². The Bertz CT molecular complexity index is 891. The fourth-order valence-electron chi connectivity index (χ4n) is 3.82. The lowest BCUT2D eigenvalue weighted by atomic mass is 9.93. The second-order valence-electron chi connectivity index (χ2n) is 6.33. The number of aromatic nitrogens is 1. The highest BCUT2D eigenvalue weighted by Crippen LogP contribution is 2.38. The average molecular weight is 311 g/mol. The van der Waals surface area contributed by atoms with Crippen LogP contribution in [0.25, 0.3) is 21.8 Å². The van der Waals surface area contributed by atoms with E-state index in [4.69, 9.17) is 0 Å². The number of carboxylic acid groups (broad SMARTS) is 1. The molecule has 0 bridgehead atoms. The lowest BCUT2D eigenvalue weighted by Crippen LogP contribution is -2.18. The molecule has 23 heavy (non-hydrogen) atoms. The Labute approximate surface area is 133 Å². The van der Waals surface area contributed by atoms with Gasteiger partial charge in [-0.15, -0.1) is 0 Å². The van der Waals surface area contributed by atoms with Crippen LogP contribution in [0.3, 0.4) is 0 Å². The standard InChI is InChI=1S/C19H18FNO2/c20-13-6-8-14(9-7-13)21-17-4-2-1-3-15(17)16-10-5-12(19(22)23)11-18(16)21/h1-5,10-11,13-14H,6-9H2,(H,22,23)/t13-,14-. The number of benzene rings is 2. The summed E-state index contributed by atoms with van der Waals surface area (Å²) < 4.78 is 15.7. The molecule has 3 nitrogen and oxygen atoms in total. The summed E-state index contributed by atoms with van der Waals surface area (Å²) in [5.41, 5.74) is 2.33. The Morgan fingerprint density at radius 2 is 1.70 bits per heavy atom. The van der Waals surface area contributed by atoms with Crippen LogP contribution in [0.2, 0.25) is 0 Å². The van der Waals surface area contributed by atoms with Crippen LogP contribution in [-0.4, -0.2) is 21.8 Å². The first-order valence-corrected chi connectivity index (χ1v) is 8.05. The molecule has 3 aromatic rings. The largest absolute Gasteiger partial charge is 0.478 e. The number of nitrogens with zero attached hydrogens (tertiary/aromatic N) is 1. The van der Waals surface area contributed by atoms with E-state index >= 15 is 0 Å². The van der Waals surface area contributed by atoms with Crippen LogP contribution in [0.1, 0.15) is 42.1 Å². The van der Waals surface area contributed by atoms with Crippen molar-refractivity contribution in [2.75, 3.05) is 0 Å². The lowest BCUT2D eigenvalue weighted by molar-refractivity contribution is 0.0697. The molecule has 1 aliphatic rings. The summed E-state index contributed by atoms with van der Waals surface area (Å²) in [5, 5.41) is 11.5. The van der Waals surface area contributed by atoms with Gasteiger partial charge in [-0.05, 0) is 43.9 Å². The maximum absolute atomic E-state index is 13.5. The second-order valence-corrected chi connectivity index (χ2v) is 6.33. The minimum absolute atomic E-state index is 0.230. The summed E-state index contributed by atoms with van der Waals surface area (Å²) in [6.45, 7) is 0. The predicted molar refractivity (Wildman–Crippen MR) is 88.8 cm³/mol. The predicted octanol–water partition coefficient (Wildman–Crippen LogP) is 4.95. The highest BCUT2D eigenvalue weighted by molar-refractivity contribution is 6.09. The summed E-state index contributed by atoms with van der Waals surface area (Å²) in [7, 11) is 0. The summed E-state index contributed by atoms with van der Waals surface area (Å²) in [4.78, 5) is 11.3. The molecule has 1 aliphatic carbocycles. The summed E-state index contributed by atoms with van der Waals surface area (Å²) in [5.74, 6) is -0.920. The summed E-state index contributed by atoms with van der Waals surface area (Å²) in [6, 6.07) is 13.6. The summed E-state index contributed by atoms with van der Waals surface area (Å²) in [6.07, 6.45) is 2.06. The molecular weight excluding hydrogens is 293 g/mol. The third-order valence-corrected chi connectivity index (χ3v) is 4.95. The van der Waals surface area contributed by atoms with Crippen LogP contribution in [0.15, 0.2) is 42.5 Å². The van der Waals surface area contributed by atoms with Crippen molar-refractivity contribution in [3.05, 3.63) is 48.0 Å². The fraction of sp³-hybridized carbons (Fsp3) is 0.316.